The molecule has 0 unspecified atom stereocenters. The minimum Gasteiger partial charge on any atom is -0.493 e. The van der Waals surface area contributed by atoms with Crippen molar-refractivity contribution < 1.29 is 27.4 Å². The zero-order valence-corrected chi connectivity index (χ0v) is 13.6. The summed E-state index contributed by atoms with van der Waals surface area (Å²) in [5, 5.41) is 7.33. The van der Waals surface area contributed by atoms with E-state index in [2.05, 4.69) is 15.5 Å². The van der Waals surface area contributed by atoms with Crippen LogP contribution in [-0.4, -0.2) is 30.3 Å². The lowest BCUT2D eigenvalue weighted by molar-refractivity contribution is -0.138. The van der Waals surface area contributed by atoms with E-state index in [-0.39, 0.29) is 22.9 Å². The van der Waals surface area contributed by atoms with Gasteiger partial charge in [0.2, 0.25) is 16.0 Å². The van der Waals surface area contributed by atoms with Gasteiger partial charge in [0.1, 0.15) is 0 Å². The van der Waals surface area contributed by atoms with Crippen LogP contribution in [0.25, 0.3) is 0 Å². The van der Waals surface area contributed by atoms with E-state index in [0.29, 0.717) is 17.9 Å². The molecule has 0 atom stereocenters. The monoisotopic (exact) mass is 361 g/mol. The minimum atomic E-state index is -4.57. The highest BCUT2D eigenvalue weighted by atomic mass is 32.1. The van der Waals surface area contributed by atoms with Gasteiger partial charge in [-0.1, -0.05) is 17.4 Å². The van der Waals surface area contributed by atoms with Crippen molar-refractivity contribution in [2.75, 3.05) is 19.5 Å². The Hall–Kier alpha value is -2.36. The average molecular weight is 361 g/mol. The van der Waals surface area contributed by atoms with E-state index in [9.17, 15) is 18.0 Å². The maximum atomic E-state index is 12.4. The van der Waals surface area contributed by atoms with Crippen molar-refractivity contribution in [3.05, 3.63) is 28.8 Å². The Morgan fingerprint density at radius 3 is 2.50 bits per heavy atom. The number of ether oxygens (including phenoxy) is 2. The number of nitrogens with one attached hydrogen (secondary N) is 1. The fourth-order valence-electron chi connectivity index (χ4n) is 1.86. The van der Waals surface area contributed by atoms with Crippen LogP contribution >= 0.6 is 11.3 Å². The number of rotatable bonds is 6. The molecule has 2 aromatic rings. The van der Waals surface area contributed by atoms with Gasteiger partial charge < -0.3 is 14.8 Å². The van der Waals surface area contributed by atoms with Gasteiger partial charge in [0, 0.05) is 6.42 Å². The lowest BCUT2D eigenvalue weighted by Gasteiger charge is -2.09. The number of alkyl halides is 3. The number of hydrogen-bond acceptors (Lipinski definition) is 6. The predicted molar refractivity (Wildman–Crippen MR) is 81.4 cm³/mol. The van der Waals surface area contributed by atoms with Gasteiger partial charge >= 0.3 is 6.18 Å². The van der Waals surface area contributed by atoms with Crippen molar-refractivity contribution in [3.63, 3.8) is 0 Å². The zero-order valence-electron chi connectivity index (χ0n) is 12.8. The molecule has 6 nitrogen and oxygen atoms in total. The molecule has 0 bridgehead atoms. The topological polar surface area (TPSA) is 73.3 Å². The van der Waals surface area contributed by atoms with Gasteiger partial charge in [-0.3, -0.25) is 4.79 Å². The molecule has 1 aromatic heterocycles. The number of halogens is 3. The standard InChI is InChI=1S/C14H14F3N3O3S/c1-22-9-5-3-8(7-10(9)23-2)4-6-11(21)18-13-20-19-12(24-13)14(15,16)17/h3,5,7H,4,6H2,1-2H3,(H,18,20,21). The summed E-state index contributed by atoms with van der Waals surface area (Å²) in [6.45, 7) is 0. The summed E-state index contributed by atoms with van der Waals surface area (Å²) < 4.78 is 47.5. The molecule has 0 radical (unpaired) electrons. The summed E-state index contributed by atoms with van der Waals surface area (Å²) in [6.07, 6.45) is -4.10. The summed E-state index contributed by atoms with van der Waals surface area (Å²) in [6, 6.07) is 5.23. The first kappa shape index (κ1) is 18.0. The second-order valence-corrected chi connectivity index (χ2v) is 5.63. The fraction of sp³-hybridized carbons (Fsp3) is 0.357. The summed E-state index contributed by atoms with van der Waals surface area (Å²) in [5.41, 5.74) is 0.830. The van der Waals surface area contributed by atoms with E-state index in [1.807, 2.05) is 0 Å². The van der Waals surface area contributed by atoms with E-state index in [4.69, 9.17) is 9.47 Å². The molecular formula is C14H14F3N3O3S. The van der Waals surface area contributed by atoms with Gasteiger partial charge in [-0.2, -0.15) is 13.2 Å². The third-order valence-corrected chi connectivity index (χ3v) is 3.89. The Labute approximate surface area is 139 Å². The molecule has 0 fully saturated rings. The molecule has 1 amide bonds. The van der Waals surface area contributed by atoms with Crippen molar-refractivity contribution in [3.8, 4) is 11.5 Å². The molecule has 1 N–H and O–H groups in total. The smallest absolute Gasteiger partial charge is 0.445 e. The van der Waals surface area contributed by atoms with Crippen molar-refractivity contribution in [2.45, 2.75) is 19.0 Å². The minimum absolute atomic E-state index is 0.0798. The highest BCUT2D eigenvalue weighted by molar-refractivity contribution is 7.15. The molecule has 0 saturated heterocycles. The molecule has 0 aliphatic carbocycles. The number of methoxy groups -OCH3 is 2. The van der Waals surface area contributed by atoms with E-state index >= 15 is 0 Å². The number of nitrogens with zero attached hydrogens (tertiary/aromatic N) is 2. The normalized spacial score (nSPS) is 11.2. The highest BCUT2D eigenvalue weighted by Crippen LogP contribution is 2.33. The number of carbonyl (C=O) groups is 1. The summed E-state index contributed by atoms with van der Waals surface area (Å²) in [7, 11) is 3.02. The van der Waals surface area contributed by atoms with E-state index in [1.165, 1.54) is 14.2 Å². The molecule has 1 aromatic carbocycles. The number of aromatic nitrogens is 2. The maximum absolute atomic E-state index is 12.4. The first-order chi connectivity index (χ1) is 11.3. The van der Waals surface area contributed by atoms with Crippen molar-refractivity contribution in [1.82, 2.24) is 10.2 Å². The van der Waals surface area contributed by atoms with Gasteiger partial charge in [-0.25, -0.2) is 0 Å². The second-order valence-electron chi connectivity index (χ2n) is 4.65. The number of benzene rings is 1. The zero-order chi connectivity index (χ0) is 17.7. The van der Waals surface area contributed by atoms with Crippen LogP contribution in [0, 0.1) is 0 Å². The van der Waals surface area contributed by atoms with E-state index in [1.54, 1.807) is 18.2 Å². The predicted octanol–water partition coefficient (Wildman–Crippen LogP) is 3.15. The second kappa shape index (κ2) is 7.47. The number of carbonyl (C=O) groups excluding carboxylic acids is 1. The Morgan fingerprint density at radius 2 is 1.92 bits per heavy atom. The van der Waals surface area contributed by atoms with Gasteiger partial charge in [0.05, 0.1) is 14.2 Å². The largest absolute Gasteiger partial charge is 0.493 e. The number of aryl methyl sites for hydroxylation is 1. The summed E-state index contributed by atoms with van der Waals surface area (Å²) in [5.74, 6) is 0.656. The third-order valence-electron chi connectivity index (χ3n) is 3.00. The van der Waals surface area contributed by atoms with Crippen molar-refractivity contribution in [1.29, 1.82) is 0 Å². The molecule has 24 heavy (non-hydrogen) atoms. The summed E-state index contributed by atoms with van der Waals surface area (Å²) in [4.78, 5) is 11.8. The van der Waals surface area contributed by atoms with Crippen LogP contribution in [-0.2, 0) is 17.4 Å². The molecule has 2 rings (SSSR count). The number of anilines is 1. The lowest BCUT2D eigenvalue weighted by atomic mass is 10.1. The van der Waals surface area contributed by atoms with Crippen LogP contribution in [0.4, 0.5) is 18.3 Å². The molecule has 1 heterocycles. The van der Waals surface area contributed by atoms with Gasteiger partial charge in [-0.05, 0) is 24.1 Å². The Morgan fingerprint density at radius 1 is 1.21 bits per heavy atom. The maximum Gasteiger partial charge on any atom is 0.445 e. The average Bonchev–Trinajstić information content (AvgIpc) is 3.01. The van der Waals surface area contributed by atoms with E-state index in [0.717, 1.165) is 5.56 Å². The molecule has 0 saturated carbocycles. The SMILES string of the molecule is COc1ccc(CCC(=O)Nc2nnc(C(F)(F)F)s2)cc1OC. The molecule has 0 aliphatic rings. The van der Waals surface area contributed by atoms with Gasteiger partial charge in [0.25, 0.3) is 0 Å². The number of hydrogen-bond donors (Lipinski definition) is 1. The van der Waals surface area contributed by atoms with Crippen molar-refractivity contribution in [2.24, 2.45) is 0 Å². The highest BCUT2D eigenvalue weighted by Gasteiger charge is 2.35. The molecule has 0 aliphatic heterocycles. The molecular weight excluding hydrogens is 347 g/mol. The van der Waals surface area contributed by atoms with E-state index < -0.39 is 17.1 Å². The molecule has 130 valence electrons. The van der Waals surface area contributed by atoms with Crippen LogP contribution in [0.1, 0.15) is 17.0 Å². The van der Waals surface area contributed by atoms with Crippen LogP contribution < -0.4 is 14.8 Å². The van der Waals surface area contributed by atoms with Crippen LogP contribution in [0.2, 0.25) is 0 Å². The van der Waals surface area contributed by atoms with Crippen LogP contribution in [0.3, 0.4) is 0 Å². The van der Waals surface area contributed by atoms with Gasteiger partial charge in [0.15, 0.2) is 11.5 Å². The fourth-order valence-corrected chi connectivity index (χ4v) is 2.49. The van der Waals surface area contributed by atoms with Crippen LogP contribution in [0.5, 0.6) is 11.5 Å². The molecule has 10 heteroatoms. The molecule has 0 spiro atoms. The summed E-state index contributed by atoms with van der Waals surface area (Å²) >= 11 is 0.285. The Bertz CT molecular complexity index is 719. The number of amides is 1. The first-order valence-electron chi connectivity index (χ1n) is 6.75. The first-order valence-corrected chi connectivity index (χ1v) is 7.56. The van der Waals surface area contributed by atoms with Crippen molar-refractivity contribution >= 4 is 22.4 Å². The Kier molecular flexibility index (Phi) is 5.60. The van der Waals surface area contributed by atoms with Gasteiger partial charge in [-0.15, -0.1) is 10.2 Å². The lowest BCUT2D eigenvalue weighted by Crippen LogP contribution is -2.12. The quantitative estimate of drug-likeness (QED) is 0.856. The third kappa shape index (κ3) is 4.57. The van der Waals surface area contributed by atoms with Crippen LogP contribution in [0.15, 0.2) is 18.2 Å². The Balaban J connectivity index is 1.92.